The van der Waals surface area contributed by atoms with Gasteiger partial charge in [-0.1, -0.05) is 25.0 Å². The van der Waals surface area contributed by atoms with E-state index in [-0.39, 0.29) is 11.7 Å². The second-order valence-corrected chi connectivity index (χ2v) is 7.32. The van der Waals surface area contributed by atoms with Crippen LogP contribution in [0.1, 0.15) is 36.8 Å². The molecule has 1 aromatic carbocycles. The number of amides is 1. The van der Waals surface area contributed by atoms with E-state index in [1.54, 1.807) is 6.07 Å². The van der Waals surface area contributed by atoms with Crippen molar-refractivity contribution >= 4 is 17.5 Å². The molecule has 1 aromatic heterocycles. The van der Waals surface area contributed by atoms with E-state index in [1.165, 1.54) is 31.3 Å². The van der Waals surface area contributed by atoms with Crippen LogP contribution in [0, 0.1) is 5.82 Å². The molecule has 0 saturated heterocycles. The number of aromatic nitrogens is 2. The molecule has 2 aliphatic rings. The number of hydrogen-bond donors (Lipinski definition) is 1. The number of fused-ring (bicyclic) bond motifs is 1. The van der Waals surface area contributed by atoms with E-state index in [9.17, 15) is 9.18 Å². The number of nitrogens with one attached hydrogen (secondary N) is 1. The molecule has 4 rings (SSSR count). The van der Waals surface area contributed by atoms with Crippen molar-refractivity contribution in [3.63, 3.8) is 0 Å². The van der Waals surface area contributed by atoms with Gasteiger partial charge in [0.1, 0.15) is 23.8 Å². The Morgan fingerprint density at radius 2 is 2.04 bits per heavy atom. The third-order valence-corrected chi connectivity index (χ3v) is 5.42. The van der Waals surface area contributed by atoms with Crippen molar-refractivity contribution in [1.29, 1.82) is 0 Å². The van der Waals surface area contributed by atoms with Gasteiger partial charge in [-0.2, -0.15) is 0 Å². The molecular weight excluding hydrogens is 345 g/mol. The van der Waals surface area contributed by atoms with Gasteiger partial charge in [0, 0.05) is 19.6 Å². The number of benzene rings is 1. The zero-order valence-electron chi connectivity index (χ0n) is 15.5. The summed E-state index contributed by atoms with van der Waals surface area (Å²) >= 11 is 0. The molecule has 27 heavy (non-hydrogen) atoms. The van der Waals surface area contributed by atoms with Gasteiger partial charge in [-0.15, -0.1) is 0 Å². The molecule has 1 fully saturated rings. The normalized spacial score (nSPS) is 17.8. The maximum absolute atomic E-state index is 13.4. The number of halogens is 1. The van der Waals surface area contributed by atoms with Crippen molar-refractivity contribution in [3.05, 3.63) is 47.5 Å². The van der Waals surface area contributed by atoms with Gasteiger partial charge >= 0.3 is 0 Å². The van der Waals surface area contributed by atoms with Gasteiger partial charge in [0.05, 0.1) is 18.7 Å². The quantitative estimate of drug-likeness (QED) is 0.898. The fourth-order valence-electron chi connectivity index (χ4n) is 4.04. The van der Waals surface area contributed by atoms with Crippen LogP contribution in [0.2, 0.25) is 0 Å². The first-order valence-electron chi connectivity index (χ1n) is 9.44. The Labute approximate surface area is 158 Å². The van der Waals surface area contributed by atoms with Gasteiger partial charge in [0.2, 0.25) is 5.91 Å². The first kappa shape index (κ1) is 17.7. The van der Waals surface area contributed by atoms with Crippen molar-refractivity contribution in [2.45, 2.75) is 44.8 Å². The first-order chi connectivity index (χ1) is 13.1. The molecule has 6 nitrogen and oxygen atoms in total. The van der Waals surface area contributed by atoms with E-state index in [2.05, 4.69) is 15.3 Å². The average Bonchev–Trinajstić information content (AvgIpc) is 3.14. The number of nitrogens with zero attached hydrogens (tertiary/aromatic N) is 4. The zero-order chi connectivity index (χ0) is 18.8. The number of anilines is 2. The predicted octanol–water partition coefficient (Wildman–Crippen LogP) is 2.95. The highest BCUT2D eigenvalue weighted by Crippen LogP contribution is 2.32. The van der Waals surface area contributed by atoms with E-state index in [1.807, 2.05) is 22.9 Å². The Balaban J connectivity index is 1.61. The lowest BCUT2D eigenvalue weighted by Crippen LogP contribution is -2.41. The maximum atomic E-state index is 13.4. The van der Waals surface area contributed by atoms with E-state index in [0.29, 0.717) is 31.5 Å². The molecule has 1 amide bonds. The smallest absolute Gasteiger partial charge is 0.242 e. The monoisotopic (exact) mass is 369 g/mol. The van der Waals surface area contributed by atoms with Crippen LogP contribution in [0.5, 0.6) is 0 Å². The minimum absolute atomic E-state index is 0.137. The number of hydrogen-bond acceptors (Lipinski definition) is 5. The molecule has 1 saturated carbocycles. The predicted molar refractivity (Wildman–Crippen MR) is 102 cm³/mol. The van der Waals surface area contributed by atoms with E-state index < -0.39 is 0 Å². The van der Waals surface area contributed by atoms with E-state index >= 15 is 0 Å². The summed E-state index contributed by atoms with van der Waals surface area (Å²) in [4.78, 5) is 25.5. The molecule has 1 N–H and O–H groups in total. The molecule has 142 valence electrons. The standard InChI is InChI=1S/C20H24FN5O/c1-25-12-18(27)26(16-7-2-3-8-16)11-17-19(23-13-24-20(17)25)22-10-14-5-4-6-15(21)9-14/h4-6,9,13,16H,2-3,7-8,10-12H2,1H3,(H,22,23,24). The molecule has 0 bridgehead atoms. The van der Waals surface area contributed by atoms with Crippen molar-refractivity contribution < 1.29 is 9.18 Å². The number of carbonyl (C=O) groups is 1. The van der Waals surface area contributed by atoms with Gasteiger partial charge in [-0.3, -0.25) is 4.79 Å². The first-order valence-corrected chi connectivity index (χ1v) is 9.44. The summed E-state index contributed by atoms with van der Waals surface area (Å²) in [7, 11) is 1.89. The Kier molecular flexibility index (Phi) is 4.92. The highest BCUT2D eigenvalue weighted by molar-refractivity contribution is 5.84. The summed E-state index contributed by atoms with van der Waals surface area (Å²) in [6.07, 6.45) is 5.98. The largest absolute Gasteiger partial charge is 0.366 e. The Bertz CT molecular complexity index is 837. The zero-order valence-corrected chi connectivity index (χ0v) is 15.5. The summed E-state index contributed by atoms with van der Waals surface area (Å²) in [5, 5.41) is 3.31. The van der Waals surface area contributed by atoms with Crippen molar-refractivity contribution in [2.75, 3.05) is 23.8 Å². The number of rotatable bonds is 4. The Morgan fingerprint density at radius 1 is 1.22 bits per heavy atom. The third-order valence-electron chi connectivity index (χ3n) is 5.42. The summed E-state index contributed by atoms with van der Waals surface area (Å²) in [5.41, 5.74) is 1.77. The van der Waals surface area contributed by atoms with Gasteiger partial charge < -0.3 is 15.1 Å². The lowest BCUT2D eigenvalue weighted by Gasteiger charge is -2.28. The fourth-order valence-corrected chi connectivity index (χ4v) is 4.04. The lowest BCUT2D eigenvalue weighted by atomic mass is 10.1. The second-order valence-electron chi connectivity index (χ2n) is 7.32. The highest BCUT2D eigenvalue weighted by Gasteiger charge is 2.32. The average molecular weight is 369 g/mol. The summed E-state index contributed by atoms with van der Waals surface area (Å²) < 4.78 is 13.4. The van der Waals surface area contributed by atoms with Crippen molar-refractivity contribution in [1.82, 2.24) is 14.9 Å². The van der Waals surface area contributed by atoms with E-state index in [4.69, 9.17) is 0 Å². The molecule has 2 aromatic rings. The van der Waals surface area contributed by atoms with E-state index in [0.717, 1.165) is 29.8 Å². The van der Waals surface area contributed by atoms with Gasteiger partial charge in [0.15, 0.2) is 0 Å². The van der Waals surface area contributed by atoms with Crippen LogP contribution in [-0.4, -0.2) is 40.4 Å². The van der Waals surface area contributed by atoms with Gasteiger partial charge in [0.25, 0.3) is 0 Å². The molecule has 7 heteroatoms. The van der Waals surface area contributed by atoms with Crippen LogP contribution in [0.3, 0.4) is 0 Å². The Hall–Kier alpha value is -2.70. The molecule has 0 unspecified atom stereocenters. The van der Waals surface area contributed by atoms with Crippen LogP contribution in [0.25, 0.3) is 0 Å². The van der Waals surface area contributed by atoms with Crippen LogP contribution in [0.15, 0.2) is 30.6 Å². The van der Waals surface area contributed by atoms with Gasteiger partial charge in [-0.05, 0) is 30.5 Å². The topological polar surface area (TPSA) is 61.4 Å². The molecule has 1 aliphatic heterocycles. The third kappa shape index (κ3) is 3.72. The van der Waals surface area contributed by atoms with Crippen molar-refractivity contribution in [2.24, 2.45) is 0 Å². The summed E-state index contributed by atoms with van der Waals surface area (Å²) in [6.45, 7) is 1.29. The van der Waals surface area contributed by atoms with Crippen molar-refractivity contribution in [3.8, 4) is 0 Å². The molecule has 0 atom stereocenters. The second kappa shape index (κ2) is 7.50. The Morgan fingerprint density at radius 3 is 2.81 bits per heavy atom. The van der Waals surface area contributed by atoms with Crippen LogP contribution < -0.4 is 10.2 Å². The molecular formula is C20H24FN5O. The number of likely N-dealkylation sites (N-methyl/N-ethyl adjacent to an activating group) is 1. The minimum Gasteiger partial charge on any atom is -0.366 e. The fraction of sp³-hybridized carbons (Fsp3) is 0.450. The minimum atomic E-state index is -0.256. The summed E-state index contributed by atoms with van der Waals surface area (Å²) in [6, 6.07) is 6.80. The number of carbonyl (C=O) groups excluding carboxylic acids is 1. The van der Waals surface area contributed by atoms with Gasteiger partial charge in [-0.25, -0.2) is 14.4 Å². The van der Waals surface area contributed by atoms with Crippen LogP contribution in [0.4, 0.5) is 16.0 Å². The lowest BCUT2D eigenvalue weighted by molar-refractivity contribution is -0.132. The van der Waals surface area contributed by atoms with Crippen LogP contribution in [-0.2, 0) is 17.9 Å². The highest BCUT2D eigenvalue weighted by atomic mass is 19.1. The van der Waals surface area contributed by atoms with Crippen LogP contribution >= 0.6 is 0 Å². The molecule has 2 heterocycles. The molecule has 0 radical (unpaired) electrons. The summed E-state index contributed by atoms with van der Waals surface area (Å²) in [5.74, 6) is 1.36. The SMILES string of the molecule is CN1CC(=O)N(C2CCCC2)Cc2c(NCc3cccc(F)c3)ncnc21. The molecule has 1 aliphatic carbocycles. The maximum Gasteiger partial charge on any atom is 0.242 e. The molecule has 0 spiro atoms.